The highest BCUT2D eigenvalue weighted by molar-refractivity contribution is 5.91. The number of esters is 1. The Bertz CT molecular complexity index is 301. The van der Waals surface area contributed by atoms with E-state index in [2.05, 4.69) is 17.9 Å². The van der Waals surface area contributed by atoms with Gasteiger partial charge >= 0.3 is 17.9 Å². The van der Waals surface area contributed by atoms with E-state index in [1.807, 2.05) is 0 Å². The van der Waals surface area contributed by atoms with Crippen molar-refractivity contribution in [2.24, 2.45) is 0 Å². The molecule has 0 amide bonds. The molecule has 8 N–H and O–H groups in total. The molecular formula is C10H20N2O6. The maximum atomic E-state index is 10.1. The smallest absolute Gasteiger partial charge is 0.331 e. The standard InChI is InChI=1S/C5H6O4.C5H8O2.2H3N/c1-3(5(8)9)2-4(6)7;1-3-5(6)7-4-2;;/h1-2H2,(H,6,7)(H,8,9);3H,1,4H2,2H3;2*1H3. The third kappa shape index (κ3) is 19.4. The molecule has 0 aliphatic carbocycles. The second kappa shape index (κ2) is 14.8. The summed E-state index contributed by atoms with van der Waals surface area (Å²) in [7, 11) is 0. The first kappa shape index (κ1) is 24.9. The summed E-state index contributed by atoms with van der Waals surface area (Å²) in [5, 5.41) is 16.1. The van der Waals surface area contributed by atoms with E-state index in [0.717, 1.165) is 6.08 Å². The third-order valence-corrected chi connectivity index (χ3v) is 1.12. The number of hydrogen-bond donors (Lipinski definition) is 4. The number of aliphatic carboxylic acids is 2. The highest BCUT2D eigenvalue weighted by atomic mass is 16.5. The summed E-state index contributed by atoms with van der Waals surface area (Å²) < 4.78 is 4.43. The van der Waals surface area contributed by atoms with Crippen LogP contribution in [0.15, 0.2) is 24.8 Å². The monoisotopic (exact) mass is 264 g/mol. The molecule has 0 unspecified atom stereocenters. The third-order valence-electron chi connectivity index (χ3n) is 1.12. The number of hydrogen-bond acceptors (Lipinski definition) is 6. The van der Waals surface area contributed by atoms with Crippen LogP contribution in [0.3, 0.4) is 0 Å². The fraction of sp³-hybridized carbons (Fsp3) is 0.300. The molecule has 0 aromatic heterocycles. The van der Waals surface area contributed by atoms with Crippen molar-refractivity contribution in [1.29, 1.82) is 0 Å². The van der Waals surface area contributed by atoms with Crippen molar-refractivity contribution in [3.05, 3.63) is 24.8 Å². The van der Waals surface area contributed by atoms with Gasteiger partial charge in [0.1, 0.15) is 0 Å². The van der Waals surface area contributed by atoms with Gasteiger partial charge in [-0.2, -0.15) is 0 Å². The molecule has 0 aliphatic rings. The Hall–Kier alpha value is -2.19. The van der Waals surface area contributed by atoms with Gasteiger partial charge in [0.05, 0.1) is 13.0 Å². The molecule has 8 nitrogen and oxygen atoms in total. The van der Waals surface area contributed by atoms with E-state index in [1.165, 1.54) is 0 Å². The molecule has 0 atom stereocenters. The maximum Gasteiger partial charge on any atom is 0.331 e. The van der Waals surface area contributed by atoms with Gasteiger partial charge in [0, 0.05) is 11.6 Å². The van der Waals surface area contributed by atoms with Crippen molar-refractivity contribution in [1.82, 2.24) is 12.3 Å². The number of carbonyl (C=O) groups excluding carboxylic acids is 1. The van der Waals surface area contributed by atoms with E-state index < -0.39 is 18.4 Å². The Morgan fingerprint density at radius 2 is 1.67 bits per heavy atom. The van der Waals surface area contributed by atoms with Gasteiger partial charge in [-0.1, -0.05) is 13.2 Å². The molecule has 0 aromatic rings. The SMILES string of the molecule is C=C(CC(=O)O)C(=O)O.C=CC(=O)OCC.N.N. The molecule has 0 saturated heterocycles. The summed E-state index contributed by atoms with van der Waals surface area (Å²) >= 11 is 0. The number of carbonyl (C=O) groups is 3. The first-order chi connectivity index (χ1) is 7.34. The van der Waals surface area contributed by atoms with Gasteiger partial charge < -0.3 is 27.3 Å². The fourth-order valence-electron chi connectivity index (χ4n) is 0.459. The van der Waals surface area contributed by atoms with E-state index in [0.29, 0.717) is 6.61 Å². The van der Waals surface area contributed by atoms with Gasteiger partial charge in [-0.25, -0.2) is 9.59 Å². The zero-order chi connectivity index (χ0) is 13.1. The Labute approximate surface area is 105 Å². The van der Waals surface area contributed by atoms with Crippen LogP contribution in [-0.2, 0) is 19.1 Å². The topological polar surface area (TPSA) is 171 Å². The number of carboxylic acid groups (broad SMARTS) is 2. The molecule has 0 aliphatic heterocycles. The van der Waals surface area contributed by atoms with Crippen molar-refractivity contribution in [2.45, 2.75) is 13.3 Å². The fourth-order valence-corrected chi connectivity index (χ4v) is 0.459. The average molecular weight is 264 g/mol. The zero-order valence-corrected chi connectivity index (χ0v) is 10.3. The van der Waals surface area contributed by atoms with E-state index >= 15 is 0 Å². The summed E-state index contributed by atoms with van der Waals surface area (Å²) in [6, 6.07) is 0. The molecule has 0 heterocycles. The molecule has 0 saturated carbocycles. The lowest BCUT2D eigenvalue weighted by molar-refractivity contribution is -0.139. The van der Waals surface area contributed by atoms with Gasteiger partial charge in [0.2, 0.25) is 0 Å². The molecule has 0 radical (unpaired) electrons. The second-order valence-corrected chi connectivity index (χ2v) is 2.44. The largest absolute Gasteiger partial charge is 0.481 e. The molecule has 18 heavy (non-hydrogen) atoms. The van der Waals surface area contributed by atoms with Gasteiger partial charge in [0.15, 0.2) is 0 Å². The van der Waals surface area contributed by atoms with Crippen LogP contribution in [0.25, 0.3) is 0 Å². The van der Waals surface area contributed by atoms with Crippen molar-refractivity contribution >= 4 is 17.9 Å². The lowest BCUT2D eigenvalue weighted by atomic mass is 10.2. The normalized spacial score (nSPS) is 7.17. The highest BCUT2D eigenvalue weighted by Gasteiger charge is 2.07. The Morgan fingerprint density at radius 1 is 1.22 bits per heavy atom. The van der Waals surface area contributed by atoms with Gasteiger partial charge in [0.25, 0.3) is 0 Å². The van der Waals surface area contributed by atoms with Crippen molar-refractivity contribution < 1.29 is 29.3 Å². The highest BCUT2D eigenvalue weighted by Crippen LogP contribution is 1.95. The minimum absolute atomic E-state index is 0. The summed E-state index contributed by atoms with van der Waals surface area (Å²) in [4.78, 5) is 29.7. The van der Waals surface area contributed by atoms with Crippen LogP contribution in [0.5, 0.6) is 0 Å². The number of carboxylic acids is 2. The van der Waals surface area contributed by atoms with Crippen molar-refractivity contribution in [3.8, 4) is 0 Å². The summed E-state index contributed by atoms with van der Waals surface area (Å²) in [6.45, 7) is 8.39. The van der Waals surface area contributed by atoms with Crippen molar-refractivity contribution in [2.75, 3.05) is 6.61 Å². The van der Waals surface area contributed by atoms with E-state index in [9.17, 15) is 14.4 Å². The summed E-state index contributed by atoms with van der Waals surface area (Å²) in [5.41, 5.74) is -0.303. The van der Waals surface area contributed by atoms with E-state index in [-0.39, 0.29) is 23.8 Å². The van der Waals surface area contributed by atoms with E-state index in [4.69, 9.17) is 10.2 Å². The second-order valence-electron chi connectivity index (χ2n) is 2.44. The lowest BCUT2D eigenvalue weighted by Crippen LogP contribution is -2.04. The number of rotatable bonds is 5. The van der Waals surface area contributed by atoms with Crippen LogP contribution in [-0.4, -0.2) is 34.7 Å². The molecule has 8 heteroatoms. The summed E-state index contributed by atoms with van der Waals surface area (Å²) in [5.74, 6) is -2.80. The lowest BCUT2D eigenvalue weighted by Gasteiger charge is -1.91. The predicted molar refractivity (Wildman–Crippen MR) is 65.9 cm³/mol. The first-order valence-electron chi connectivity index (χ1n) is 4.27. The molecule has 106 valence electrons. The molecule has 0 spiro atoms. The van der Waals surface area contributed by atoms with Crippen LogP contribution in [0.4, 0.5) is 0 Å². The van der Waals surface area contributed by atoms with Crippen molar-refractivity contribution in [3.63, 3.8) is 0 Å². The predicted octanol–water partition coefficient (Wildman–Crippen LogP) is 1.16. The molecule has 0 rings (SSSR count). The molecule has 0 bridgehead atoms. The quantitative estimate of drug-likeness (QED) is 0.423. The molecular weight excluding hydrogens is 244 g/mol. The van der Waals surface area contributed by atoms with E-state index in [1.54, 1.807) is 6.92 Å². The van der Waals surface area contributed by atoms with Crippen LogP contribution >= 0.6 is 0 Å². The Kier molecular flexibility index (Phi) is 20.5. The van der Waals surface area contributed by atoms with Crippen LogP contribution in [0.2, 0.25) is 0 Å². The first-order valence-corrected chi connectivity index (χ1v) is 4.27. The molecule has 0 aromatic carbocycles. The minimum Gasteiger partial charge on any atom is -0.481 e. The van der Waals surface area contributed by atoms with Crippen LogP contribution < -0.4 is 12.3 Å². The summed E-state index contributed by atoms with van der Waals surface area (Å²) in [6.07, 6.45) is 0.638. The minimum atomic E-state index is -1.27. The Morgan fingerprint density at radius 3 is 1.78 bits per heavy atom. The molecule has 0 fully saturated rings. The van der Waals surface area contributed by atoms with Crippen LogP contribution in [0.1, 0.15) is 13.3 Å². The van der Waals surface area contributed by atoms with Gasteiger partial charge in [-0.15, -0.1) is 0 Å². The van der Waals surface area contributed by atoms with Gasteiger partial charge in [-0.05, 0) is 6.92 Å². The maximum absolute atomic E-state index is 10.1. The van der Waals surface area contributed by atoms with Gasteiger partial charge in [-0.3, -0.25) is 4.79 Å². The number of ether oxygens (including phenoxy) is 1. The van der Waals surface area contributed by atoms with Crippen LogP contribution in [0, 0.1) is 0 Å². The zero-order valence-electron chi connectivity index (χ0n) is 10.3. The Balaban J connectivity index is -0.000000100. The average Bonchev–Trinajstić information content (AvgIpc) is 2.18.